The van der Waals surface area contributed by atoms with Gasteiger partial charge in [-0.15, -0.1) is 11.3 Å². The van der Waals surface area contributed by atoms with Crippen molar-refractivity contribution < 1.29 is 27.5 Å². The minimum atomic E-state index is -1.69. The van der Waals surface area contributed by atoms with Crippen LogP contribution in [0.5, 0.6) is 5.75 Å². The molecule has 3 aromatic rings. The fraction of sp³-hybridized carbons (Fsp3) is 0.105. The zero-order chi connectivity index (χ0) is 21.0. The van der Waals surface area contributed by atoms with Gasteiger partial charge in [0.25, 0.3) is 5.91 Å². The van der Waals surface area contributed by atoms with E-state index in [9.17, 15) is 22.8 Å². The fourth-order valence-corrected chi connectivity index (χ4v) is 3.12. The number of rotatable bonds is 6. The summed E-state index contributed by atoms with van der Waals surface area (Å²) in [5, 5.41) is 6.52. The molecule has 0 saturated carbocycles. The maximum absolute atomic E-state index is 13.6. The topological polar surface area (TPSA) is 80.3 Å². The molecule has 1 heterocycles. The Bertz CT molecular complexity index is 1050. The van der Waals surface area contributed by atoms with Crippen LogP contribution in [0.4, 0.5) is 18.9 Å². The highest BCUT2D eigenvalue weighted by Crippen LogP contribution is 2.25. The molecule has 29 heavy (non-hydrogen) atoms. The zero-order valence-electron chi connectivity index (χ0n) is 15.0. The molecule has 2 amide bonds. The molecule has 0 saturated heterocycles. The van der Waals surface area contributed by atoms with E-state index in [0.717, 1.165) is 11.6 Å². The number of benzene rings is 2. The van der Waals surface area contributed by atoms with E-state index < -0.39 is 41.5 Å². The van der Waals surface area contributed by atoms with E-state index in [1.165, 1.54) is 16.7 Å². The Hall–Kier alpha value is -3.40. The quantitative estimate of drug-likeness (QED) is 0.596. The Morgan fingerprint density at radius 3 is 2.48 bits per heavy atom. The number of aromatic nitrogens is 1. The van der Waals surface area contributed by atoms with E-state index in [1.54, 1.807) is 31.4 Å². The SMILES string of the molecule is COc1ccc(-c2nc(C(=O)NCC(=O)Nc3ccc(F)c(F)c3F)cs2)cc1. The van der Waals surface area contributed by atoms with Gasteiger partial charge in [0.05, 0.1) is 19.3 Å². The third-order valence-electron chi connectivity index (χ3n) is 3.79. The van der Waals surface area contributed by atoms with E-state index in [4.69, 9.17) is 4.74 Å². The summed E-state index contributed by atoms with van der Waals surface area (Å²) < 4.78 is 44.7. The standard InChI is InChI=1S/C19H14F3N3O3S/c1-28-11-4-2-10(3-5-11)19-25-14(9-29-19)18(27)23-8-15(26)24-13-7-6-12(20)16(21)17(13)22/h2-7,9H,8H2,1H3,(H,23,27)(H,24,26). The highest BCUT2D eigenvalue weighted by Gasteiger charge is 2.17. The summed E-state index contributed by atoms with van der Waals surface area (Å²) in [6.45, 7) is -0.507. The molecule has 150 valence electrons. The second-order valence-corrected chi connectivity index (χ2v) is 6.58. The van der Waals surface area contributed by atoms with Crippen LogP contribution in [0.15, 0.2) is 41.8 Å². The summed E-state index contributed by atoms with van der Waals surface area (Å²) in [6, 6.07) is 8.68. The number of halogens is 3. The van der Waals surface area contributed by atoms with E-state index in [-0.39, 0.29) is 5.69 Å². The number of hydrogen-bond donors (Lipinski definition) is 2. The molecule has 3 rings (SSSR count). The summed E-state index contributed by atoms with van der Waals surface area (Å²) in [5.74, 6) is -5.32. The first-order chi connectivity index (χ1) is 13.9. The van der Waals surface area contributed by atoms with E-state index in [0.29, 0.717) is 16.8 Å². The first-order valence-corrected chi connectivity index (χ1v) is 9.08. The molecule has 0 atom stereocenters. The van der Waals surface area contributed by atoms with Gasteiger partial charge in [0, 0.05) is 10.9 Å². The lowest BCUT2D eigenvalue weighted by Crippen LogP contribution is -2.33. The molecular weight excluding hydrogens is 407 g/mol. The van der Waals surface area contributed by atoms with Crippen LogP contribution in [-0.4, -0.2) is 30.5 Å². The summed E-state index contributed by atoms with van der Waals surface area (Å²) in [5.41, 5.74) is 0.368. The van der Waals surface area contributed by atoms with Crippen LogP contribution < -0.4 is 15.4 Å². The Morgan fingerprint density at radius 2 is 1.79 bits per heavy atom. The van der Waals surface area contributed by atoms with Gasteiger partial charge >= 0.3 is 0 Å². The number of hydrogen-bond acceptors (Lipinski definition) is 5. The van der Waals surface area contributed by atoms with Crippen molar-refractivity contribution >= 4 is 28.8 Å². The van der Waals surface area contributed by atoms with Crippen LogP contribution in [0.25, 0.3) is 10.6 Å². The summed E-state index contributed by atoms with van der Waals surface area (Å²) in [7, 11) is 1.55. The normalized spacial score (nSPS) is 10.5. The molecular formula is C19H14F3N3O3S. The minimum absolute atomic E-state index is 0.104. The van der Waals surface area contributed by atoms with Crippen LogP contribution in [0, 0.1) is 17.5 Å². The number of methoxy groups -OCH3 is 1. The number of nitrogens with one attached hydrogen (secondary N) is 2. The largest absolute Gasteiger partial charge is 0.497 e. The zero-order valence-corrected chi connectivity index (χ0v) is 15.8. The fourth-order valence-electron chi connectivity index (χ4n) is 2.31. The van der Waals surface area contributed by atoms with Gasteiger partial charge in [0.2, 0.25) is 5.91 Å². The number of nitrogens with zero attached hydrogens (tertiary/aromatic N) is 1. The predicted octanol–water partition coefficient (Wildman–Crippen LogP) is 3.60. The first-order valence-electron chi connectivity index (χ1n) is 8.20. The molecule has 0 unspecified atom stereocenters. The van der Waals surface area contributed by atoms with Crippen molar-refractivity contribution in [2.45, 2.75) is 0 Å². The molecule has 0 radical (unpaired) electrons. The lowest BCUT2D eigenvalue weighted by molar-refractivity contribution is -0.115. The average Bonchev–Trinajstić information content (AvgIpc) is 3.23. The van der Waals surface area contributed by atoms with Crippen LogP contribution in [0.3, 0.4) is 0 Å². The molecule has 0 bridgehead atoms. The molecule has 10 heteroatoms. The van der Waals surface area contributed by atoms with Crippen LogP contribution >= 0.6 is 11.3 Å². The Kier molecular flexibility index (Phi) is 6.13. The number of thiazole rings is 1. The van der Waals surface area contributed by atoms with E-state index in [2.05, 4.69) is 15.6 Å². The number of amides is 2. The van der Waals surface area contributed by atoms with Crippen molar-refractivity contribution in [3.05, 3.63) is 64.9 Å². The van der Waals surface area contributed by atoms with Gasteiger partial charge in [-0.1, -0.05) is 0 Å². The third kappa shape index (κ3) is 4.72. The summed E-state index contributed by atoms with van der Waals surface area (Å²) in [6.07, 6.45) is 0. The van der Waals surface area contributed by atoms with Crippen LogP contribution in [-0.2, 0) is 4.79 Å². The molecule has 2 N–H and O–H groups in total. The van der Waals surface area contributed by atoms with E-state index >= 15 is 0 Å². The Morgan fingerprint density at radius 1 is 1.07 bits per heavy atom. The second kappa shape index (κ2) is 8.74. The molecule has 0 aliphatic carbocycles. The highest BCUT2D eigenvalue weighted by atomic mass is 32.1. The highest BCUT2D eigenvalue weighted by molar-refractivity contribution is 7.13. The average molecular weight is 421 g/mol. The monoisotopic (exact) mass is 421 g/mol. The maximum atomic E-state index is 13.6. The van der Waals surface area contributed by atoms with Crippen molar-refractivity contribution in [3.8, 4) is 16.3 Å². The first kappa shape index (κ1) is 20.3. The van der Waals surface area contributed by atoms with Crippen molar-refractivity contribution in [1.82, 2.24) is 10.3 Å². The van der Waals surface area contributed by atoms with Gasteiger partial charge in [0.15, 0.2) is 17.5 Å². The van der Waals surface area contributed by atoms with E-state index in [1.807, 2.05) is 0 Å². The summed E-state index contributed by atoms with van der Waals surface area (Å²) >= 11 is 1.25. The number of carbonyl (C=O) groups is 2. The van der Waals surface area contributed by atoms with Gasteiger partial charge in [-0.05, 0) is 36.4 Å². The summed E-state index contributed by atoms with van der Waals surface area (Å²) in [4.78, 5) is 28.2. The number of carbonyl (C=O) groups excluding carboxylic acids is 2. The van der Waals surface area contributed by atoms with Crippen LogP contribution in [0.1, 0.15) is 10.5 Å². The Labute approximate surface area is 167 Å². The Balaban J connectivity index is 1.59. The van der Waals surface area contributed by atoms with Gasteiger partial charge in [-0.2, -0.15) is 0 Å². The van der Waals surface area contributed by atoms with Gasteiger partial charge in [-0.3, -0.25) is 9.59 Å². The molecule has 1 aromatic heterocycles. The predicted molar refractivity (Wildman–Crippen MR) is 101 cm³/mol. The van der Waals surface area contributed by atoms with Gasteiger partial charge in [-0.25, -0.2) is 18.2 Å². The maximum Gasteiger partial charge on any atom is 0.271 e. The lowest BCUT2D eigenvalue weighted by Gasteiger charge is -2.08. The molecule has 6 nitrogen and oxygen atoms in total. The smallest absolute Gasteiger partial charge is 0.271 e. The lowest BCUT2D eigenvalue weighted by atomic mass is 10.2. The van der Waals surface area contributed by atoms with Gasteiger partial charge < -0.3 is 15.4 Å². The molecule has 0 aliphatic heterocycles. The van der Waals surface area contributed by atoms with Crippen LogP contribution in [0.2, 0.25) is 0 Å². The third-order valence-corrected chi connectivity index (χ3v) is 4.68. The second-order valence-electron chi connectivity index (χ2n) is 5.72. The number of anilines is 1. The van der Waals surface area contributed by atoms with Gasteiger partial charge in [0.1, 0.15) is 16.5 Å². The molecule has 2 aromatic carbocycles. The van der Waals surface area contributed by atoms with Crippen molar-refractivity contribution in [2.75, 3.05) is 19.0 Å². The van der Waals surface area contributed by atoms with Crippen molar-refractivity contribution in [2.24, 2.45) is 0 Å². The van der Waals surface area contributed by atoms with Crippen molar-refractivity contribution in [1.29, 1.82) is 0 Å². The molecule has 0 aliphatic rings. The van der Waals surface area contributed by atoms with Crippen molar-refractivity contribution in [3.63, 3.8) is 0 Å². The molecule has 0 spiro atoms. The minimum Gasteiger partial charge on any atom is -0.497 e. The number of ether oxygens (including phenoxy) is 1. The molecule has 0 fully saturated rings.